The van der Waals surface area contributed by atoms with Gasteiger partial charge in [-0.3, -0.25) is 11.5 Å². The molecular formula is C8H12ClN3. The Morgan fingerprint density at radius 1 is 1.17 bits per heavy atom. The van der Waals surface area contributed by atoms with E-state index in [4.69, 9.17) is 11.5 Å². The second kappa shape index (κ2) is 4.62. The lowest BCUT2D eigenvalue weighted by Gasteiger charge is -1.92. The van der Waals surface area contributed by atoms with Gasteiger partial charge < -0.3 is 12.4 Å². The Hall–Kier alpha value is -1.22. The molecule has 4 heteroatoms. The quantitative estimate of drug-likeness (QED) is 0.308. The van der Waals surface area contributed by atoms with Crippen LogP contribution < -0.4 is 28.9 Å². The standard InChI is InChI=1S/C8H11N3.ClH/c1-6-2-4-7(5-3-6)11-8(9)10;/h2-5H,1H3,(H4,9,10,11);1H. The van der Waals surface area contributed by atoms with Crippen LogP contribution in [0, 0.1) is 6.92 Å². The molecule has 0 aromatic heterocycles. The molecule has 5 N–H and O–H groups in total. The summed E-state index contributed by atoms with van der Waals surface area (Å²) in [6.45, 7) is 2.03. The lowest BCUT2D eigenvalue weighted by Crippen LogP contribution is -3.00. The van der Waals surface area contributed by atoms with Gasteiger partial charge in [0.1, 0.15) is 0 Å². The third kappa shape index (κ3) is 3.25. The average Bonchev–Trinajstić information content (AvgIpc) is 1.93. The van der Waals surface area contributed by atoms with E-state index in [1.54, 1.807) is 0 Å². The predicted molar refractivity (Wildman–Crippen MR) is 45.2 cm³/mol. The predicted octanol–water partition coefficient (Wildman–Crippen LogP) is -4.02. The number of aryl methyl sites for hydroxylation is 1. The molecule has 0 aliphatic rings. The summed E-state index contributed by atoms with van der Waals surface area (Å²) in [5.41, 5.74) is 12.6. The van der Waals surface area contributed by atoms with Crippen LogP contribution in [0.15, 0.2) is 24.3 Å². The van der Waals surface area contributed by atoms with E-state index in [0.717, 1.165) is 5.69 Å². The molecule has 1 aromatic carbocycles. The van der Waals surface area contributed by atoms with Crippen LogP contribution >= 0.6 is 0 Å². The Morgan fingerprint density at radius 3 is 2.08 bits per heavy atom. The van der Waals surface area contributed by atoms with E-state index in [1.807, 2.05) is 31.2 Å². The average molecular weight is 186 g/mol. The fourth-order valence-corrected chi connectivity index (χ4v) is 0.804. The minimum Gasteiger partial charge on any atom is -1.00 e. The first-order chi connectivity index (χ1) is 5.18. The van der Waals surface area contributed by atoms with E-state index in [-0.39, 0.29) is 18.4 Å². The summed E-state index contributed by atoms with van der Waals surface area (Å²) < 4.78 is 0. The molecule has 0 saturated heterocycles. The summed E-state index contributed by atoms with van der Waals surface area (Å²) in [5, 5.41) is 0. The first-order valence-corrected chi connectivity index (χ1v) is 3.40. The molecule has 12 heavy (non-hydrogen) atoms. The number of hydrogen-bond donors (Lipinski definition) is 3. The molecule has 0 bridgehead atoms. The number of hydrogen-bond acceptors (Lipinski definition) is 0. The van der Waals surface area contributed by atoms with Crippen molar-refractivity contribution in [3.8, 4) is 0 Å². The van der Waals surface area contributed by atoms with Crippen LogP contribution in [0.4, 0.5) is 5.69 Å². The maximum absolute atomic E-state index is 5.25. The Bertz CT molecular complexity index is 262. The van der Waals surface area contributed by atoms with E-state index >= 15 is 0 Å². The van der Waals surface area contributed by atoms with Crippen molar-refractivity contribution in [2.75, 3.05) is 0 Å². The highest BCUT2D eigenvalue weighted by atomic mass is 35.5. The van der Waals surface area contributed by atoms with Crippen LogP contribution in [0.25, 0.3) is 0 Å². The molecular weight excluding hydrogens is 174 g/mol. The Balaban J connectivity index is 0.00000121. The van der Waals surface area contributed by atoms with Gasteiger partial charge in [-0.05, 0) is 19.1 Å². The fourth-order valence-electron chi connectivity index (χ4n) is 0.804. The van der Waals surface area contributed by atoms with Crippen molar-refractivity contribution in [3.05, 3.63) is 29.8 Å². The van der Waals surface area contributed by atoms with E-state index < -0.39 is 0 Å². The topological polar surface area (TPSA) is 66.0 Å². The van der Waals surface area contributed by atoms with E-state index in [9.17, 15) is 0 Å². The SMILES string of the molecule is Cc1ccc([NH+]=C(N)N)cc1.[Cl-]. The second-order valence-electron chi connectivity index (χ2n) is 2.45. The summed E-state index contributed by atoms with van der Waals surface area (Å²) in [4.78, 5) is 2.80. The monoisotopic (exact) mass is 185 g/mol. The maximum atomic E-state index is 5.25. The Kier molecular flexibility index (Phi) is 4.15. The molecule has 3 nitrogen and oxygen atoms in total. The molecule has 0 aliphatic heterocycles. The van der Waals surface area contributed by atoms with Gasteiger partial charge in [0.05, 0.1) is 5.69 Å². The van der Waals surface area contributed by atoms with Gasteiger partial charge in [-0.25, -0.2) is 4.99 Å². The number of halogens is 1. The molecule has 0 radical (unpaired) electrons. The van der Waals surface area contributed by atoms with Crippen LogP contribution in [0.5, 0.6) is 0 Å². The molecule has 0 aliphatic carbocycles. The van der Waals surface area contributed by atoms with Crippen molar-refractivity contribution in [3.63, 3.8) is 0 Å². The van der Waals surface area contributed by atoms with Crippen LogP contribution in [0.3, 0.4) is 0 Å². The zero-order chi connectivity index (χ0) is 8.27. The van der Waals surface area contributed by atoms with Gasteiger partial charge in [0.2, 0.25) is 0 Å². The first kappa shape index (κ1) is 10.8. The Morgan fingerprint density at radius 2 is 1.67 bits per heavy atom. The molecule has 0 spiro atoms. The zero-order valence-electron chi connectivity index (χ0n) is 6.84. The molecule has 1 rings (SSSR count). The summed E-state index contributed by atoms with van der Waals surface area (Å²) >= 11 is 0. The van der Waals surface area contributed by atoms with Crippen molar-refractivity contribution >= 4 is 11.6 Å². The molecule has 1 aromatic rings. The molecule has 0 heterocycles. The number of nitrogens with two attached hydrogens (primary N) is 2. The van der Waals surface area contributed by atoms with E-state index in [2.05, 4.69) is 4.99 Å². The summed E-state index contributed by atoms with van der Waals surface area (Å²) in [5.74, 6) is 0.217. The first-order valence-electron chi connectivity index (χ1n) is 3.40. The maximum Gasteiger partial charge on any atom is 0.343 e. The lowest BCUT2D eigenvalue weighted by molar-refractivity contribution is -0.356. The highest BCUT2D eigenvalue weighted by Crippen LogP contribution is 2.00. The highest BCUT2D eigenvalue weighted by Gasteiger charge is 1.90. The van der Waals surface area contributed by atoms with Crippen LogP contribution in [0.1, 0.15) is 5.56 Å². The summed E-state index contributed by atoms with van der Waals surface area (Å²) in [6, 6.07) is 7.83. The van der Waals surface area contributed by atoms with Crippen LogP contribution in [-0.4, -0.2) is 5.96 Å². The summed E-state index contributed by atoms with van der Waals surface area (Å²) in [6.07, 6.45) is 0. The molecule has 0 atom stereocenters. The third-order valence-electron chi connectivity index (χ3n) is 1.34. The van der Waals surface area contributed by atoms with Gasteiger partial charge in [-0.2, -0.15) is 0 Å². The molecule has 0 saturated carbocycles. The smallest absolute Gasteiger partial charge is 0.343 e. The minimum atomic E-state index is 0. The third-order valence-corrected chi connectivity index (χ3v) is 1.34. The zero-order valence-corrected chi connectivity index (χ0v) is 7.60. The van der Waals surface area contributed by atoms with Gasteiger partial charge in [0, 0.05) is 0 Å². The molecule has 0 amide bonds. The van der Waals surface area contributed by atoms with Gasteiger partial charge >= 0.3 is 5.96 Å². The number of nitrogens with one attached hydrogen (secondary N) is 1. The highest BCUT2D eigenvalue weighted by molar-refractivity contribution is 5.70. The van der Waals surface area contributed by atoms with Crippen molar-refractivity contribution in [1.29, 1.82) is 0 Å². The molecule has 0 unspecified atom stereocenters. The van der Waals surface area contributed by atoms with Crippen molar-refractivity contribution in [1.82, 2.24) is 0 Å². The van der Waals surface area contributed by atoms with Crippen molar-refractivity contribution < 1.29 is 17.4 Å². The summed E-state index contributed by atoms with van der Waals surface area (Å²) in [7, 11) is 0. The lowest BCUT2D eigenvalue weighted by atomic mass is 10.2. The fraction of sp³-hybridized carbons (Fsp3) is 0.125. The van der Waals surface area contributed by atoms with Crippen LogP contribution in [-0.2, 0) is 0 Å². The second-order valence-corrected chi connectivity index (χ2v) is 2.45. The number of guanidine groups is 1. The van der Waals surface area contributed by atoms with Gasteiger partial charge in [-0.15, -0.1) is 0 Å². The van der Waals surface area contributed by atoms with Gasteiger partial charge in [0.25, 0.3) is 0 Å². The van der Waals surface area contributed by atoms with E-state index in [1.165, 1.54) is 5.56 Å². The molecule has 66 valence electrons. The van der Waals surface area contributed by atoms with E-state index in [0.29, 0.717) is 0 Å². The van der Waals surface area contributed by atoms with Gasteiger partial charge in [-0.1, -0.05) is 17.7 Å². The minimum absolute atomic E-state index is 0. The Labute approximate surface area is 77.9 Å². The number of benzene rings is 1. The van der Waals surface area contributed by atoms with Gasteiger partial charge in [0.15, 0.2) is 0 Å². The largest absolute Gasteiger partial charge is 1.00 e. The normalized spacial score (nSPS) is 8.42. The van der Waals surface area contributed by atoms with Crippen molar-refractivity contribution in [2.45, 2.75) is 6.92 Å². The number of rotatable bonds is 1. The molecule has 0 fully saturated rings. The van der Waals surface area contributed by atoms with Crippen LogP contribution in [0.2, 0.25) is 0 Å². The van der Waals surface area contributed by atoms with Crippen molar-refractivity contribution in [2.24, 2.45) is 11.5 Å².